The molecule has 2 aliphatic rings. The average molecular weight is 720 g/mol. The number of rotatable bonds is 15. The largest absolute Gasteiger partial charge is 0.496 e. The lowest BCUT2D eigenvalue weighted by molar-refractivity contribution is -0.156. The molecular weight excluding hydrogens is 672 g/mol. The molecule has 4 rings (SSSR count). The minimum Gasteiger partial charge on any atom is -0.496 e. The molecule has 0 saturated carbocycles. The maximum absolute atomic E-state index is 15.9. The van der Waals surface area contributed by atoms with Crippen molar-refractivity contribution in [3.63, 3.8) is 0 Å². The van der Waals surface area contributed by atoms with E-state index in [4.69, 9.17) is 29.4 Å². The Balaban J connectivity index is 1.38. The third-order valence-corrected chi connectivity index (χ3v) is 8.55. The first-order valence-electron chi connectivity index (χ1n) is 16.8. The summed E-state index contributed by atoms with van der Waals surface area (Å²) in [6, 6.07) is 3.14. The minimum atomic E-state index is -1.42. The molecule has 2 amide bonds. The smallest absolute Gasteiger partial charge is 0.306 e. The first-order valence-corrected chi connectivity index (χ1v) is 16.8. The van der Waals surface area contributed by atoms with Gasteiger partial charge in [-0.05, 0) is 51.0 Å². The zero-order valence-corrected chi connectivity index (χ0v) is 29.9. The van der Waals surface area contributed by atoms with Crippen molar-refractivity contribution in [2.75, 3.05) is 27.4 Å². The van der Waals surface area contributed by atoms with Crippen molar-refractivity contribution in [2.24, 2.45) is 5.73 Å². The van der Waals surface area contributed by atoms with E-state index >= 15 is 8.78 Å². The Kier molecular flexibility index (Phi) is 12.8. The number of esters is 2. The molecule has 2 aliphatic heterocycles. The van der Waals surface area contributed by atoms with E-state index in [1.165, 1.54) is 24.0 Å². The fraction of sp³-hybridized carbons (Fsp3) is 0.556. The van der Waals surface area contributed by atoms with Gasteiger partial charge in [0, 0.05) is 63.1 Å². The molecule has 2 atom stereocenters. The maximum atomic E-state index is 15.9. The van der Waals surface area contributed by atoms with E-state index in [0.717, 1.165) is 0 Å². The van der Waals surface area contributed by atoms with Crippen molar-refractivity contribution in [1.82, 2.24) is 9.80 Å². The second-order valence-corrected chi connectivity index (χ2v) is 13.6. The van der Waals surface area contributed by atoms with Crippen LogP contribution in [0.4, 0.5) is 8.78 Å². The quantitative estimate of drug-likeness (QED) is 0.256. The van der Waals surface area contributed by atoms with Gasteiger partial charge in [-0.2, -0.15) is 0 Å². The number of fused-ring (bicyclic) bond motifs is 2. The molecule has 1 unspecified atom stereocenters. The number of hydrogen-bond donors (Lipinski definition) is 2. The van der Waals surface area contributed by atoms with Gasteiger partial charge in [0.25, 0.3) is 0 Å². The van der Waals surface area contributed by atoms with Gasteiger partial charge in [-0.15, -0.1) is 0 Å². The Morgan fingerprint density at radius 2 is 1.37 bits per heavy atom. The van der Waals surface area contributed by atoms with Crippen LogP contribution in [0.5, 0.6) is 17.2 Å². The van der Waals surface area contributed by atoms with E-state index in [9.17, 15) is 24.3 Å². The summed E-state index contributed by atoms with van der Waals surface area (Å²) >= 11 is 0. The predicted octanol–water partition coefficient (Wildman–Crippen LogP) is 3.96. The van der Waals surface area contributed by atoms with Gasteiger partial charge in [-0.1, -0.05) is 0 Å². The molecule has 3 N–H and O–H groups in total. The number of ether oxygens (including phenoxy) is 5. The third kappa shape index (κ3) is 9.64. The predicted molar refractivity (Wildman–Crippen MR) is 178 cm³/mol. The Labute approximate surface area is 295 Å². The molecule has 2 aromatic rings. The van der Waals surface area contributed by atoms with Crippen molar-refractivity contribution >= 4 is 23.8 Å². The molecule has 0 bridgehead atoms. The van der Waals surface area contributed by atoms with Crippen molar-refractivity contribution < 1.29 is 56.7 Å². The van der Waals surface area contributed by atoms with Crippen LogP contribution in [0.3, 0.4) is 0 Å². The van der Waals surface area contributed by atoms with Crippen LogP contribution in [0.25, 0.3) is 0 Å². The maximum Gasteiger partial charge on any atom is 0.306 e. The number of hydrogen-bond acceptors (Lipinski definition) is 11. The number of nitrogens with two attached hydrogens (primary N) is 1. The van der Waals surface area contributed by atoms with Crippen LogP contribution in [0, 0.1) is 11.6 Å². The Morgan fingerprint density at radius 3 is 1.90 bits per heavy atom. The van der Waals surface area contributed by atoms with Crippen molar-refractivity contribution in [3.05, 3.63) is 51.6 Å². The van der Waals surface area contributed by atoms with Gasteiger partial charge in [0.2, 0.25) is 11.8 Å². The first kappa shape index (κ1) is 39.3. The zero-order chi connectivity index (χ0) is 37.6. The van der Waals surface area contributed by atoms with E-state index in [1.807, 2.05) is 0 Å². The summed E-state index contributed by atoms with van der Waals surface area (Å²) < 4.78 is 58.6. The van der Waals surface area contributed by atoms with Gasteiger partial charge in [0.15, 0.2) is 17.3 Å². The van der Waals surface area contributed by atoms with Gasteiger partial charge in [-0.3, -0.25) is 19.2 Å². The summed E-state index contributed by atoms with van der Waals surface area (Å²) in [6.45, 7) is 6.88. The number of carbonyl (C=O) groups excluding carboxylic acids is 4. The highest BCUT2D eigenvalue weighted by atomic mass is 19.1. The van der Waals surface area contributed by atoms with Gasteiger partial charge >= 0.3 is 11.9 Å². The lowest BCUT2D eigenvalue weighted by atomic mass is 9.98. The summed E-state index contributed by atoms with van der Waals surface area (Å²) in [5, 5.41) is 11.1. The molecule has 0 radical (unpaired) electrons. The van der Waals surface area contributed by atoms with Crippen molar-refractivity contribution in [2.45, 2.75) is 104 Å². The van der Waals surface area contributed by atoms with Crippen LogP contribution in [0.15, 0.2) is 12.1 Å². The van der Waals surface area contributed by atoms with Crippen LogP contribution in [0.1, 0.15) is 93.7 Å². The Hall–Kier alpha value is -4.50. The zero-order valence-electron chi connectivity index (χ0n) is 29.9. The van der Waals surface area contributed by atoms with Crippen LogP contribution in [-0.4, -0.2) is 77.7 Å². The number of aliphatic hydroxyl groups excluding tert-OH is 1. The Bertz CT molecular complexity index is 1640. The molecule has 0 saturated heterocycles. The average Bonchev–Trinajstić information content (AvgIpc) is 3.71. The van der Waals surface area contributed by atoms with E-state index in [1.54, 1.807) is 39.8 Å². The van der Waals surface area contributed by atoms with Gasteiger partial charge in [0.05, 0.1) is 45.3 Å². The molecule has 13 nitrogen and oxygen atoms in total. The van der Waals surface area contributed by atoms with Gasteiger partial charge in [0.1, 0.15) is 23.3 Å². The van der Waals surface area contributed by atoms with Gasteiger partial charge < -0.3 is 44.3 Å². The highest BCUT2D eigenvalue weighted by molar-refractivity contribution is 5.83. The second-order valence-electron chi connectivity index (χ2n) is 13.6. The first-order chi connectivity index (χ1) is 24.1. The molecule has 2 heterocycles. The van der Waals surface area contributed by atoms with E-state index in [2.05, 4.69) is 0 Å². The fourth-order valence-electron chi connectivity index (χ4n) is 5.95. The third-order valence-electron chi connectivity index (χ3n) is 8.55. The summed E-state index contributed by atoms with van der Waals surface area (Å²) in [6.07, 6.45) is -2.51. The normalized spacial score (nSPS) is 14.8. The van der Waals surface area contributed by atoms with E-state index in [-0.39, 0.29) is 117 Å². The van der Waals surface area contributed by atoms with Crippen LogP contribution in [-0.2, 0) is 54.8 Å². The standard InChI is InChI=1S/C36H47F2N3O10/c1-20(15-39)50-30(45)9-7-28(43)41-17-22-14-27(48-6)35(34(38)24(22)19-41)49-12-11-25(42)32-26(47-5)13-21-16-40(18-23(21)33(32)37)29(44)8-10-31(46)51-36(2,3)4/h13-14,20,25,42H,7-12,15-19,39H2,1-6H3/t20-,25?/m0/s1. The SMILES string of the molecule is COc1cc2c(c(F)c1OCCC(O)c1c(OC)cc3c(c1F)CN(C(=O)CCC(=O)OC(C)(C)C)C3)CN(C(=O)CCC(=O)O[C@@H](C)CN)C2. The number of halogens is 2. The van der Waals surface area contributed by atoms with E-state index < -0.39 is 41.4 Å². The highest BCUT2D eigenvalue weighted by Crippen LogP contribution is 2.41. The monoisotopic (exact) mass is 719 g/mol. The number of benzene rings is 2. The summed E-state index contributed by atoms with van der Waals surface area (Å²) in [5.74, 6) is -3.29. The summed E-state index contributed by atoms with van der Waals surface area (Å²) in [5.41, 5.74) is 6.15. The molecule has 0 spiro atoms. The van der Waals surface area contributed by atoms with E-state index in [0.29, 0.717) is 11.1 Å². The molecule has 280 valence electrons. The second kappa shape index (κ2) is 16.7. The van der Waals surface area contributed by atoms with Crippen LogP contribution >= 0.6 is 0 Å². The highest BCUT2D eigenvalue weighted by Gasteiger charge is 2.33. The van der Waals surface area contributed by atoms with Crippen LogP contribution < -0.4 is 19.9 Å². The molecule has 51 heavy (non-hydrogen) atoms. The summed E-state index contributed by atoms with van der Waals surface area (Å²) in [4.78, 5) is 52.6. The number of carbonyl (C=O) groups is 4. The molecule has 0 aromatic heterocycles. The van der Waals surface area contributed by atoms with Crippen molar-refractivity contribution in [3.8, 4) is 17.2 Å². The number of amides is 2. The molecule has 0 fully saturated rings. The number of methoxy groups -OCH3 is 2. The molecule has 2 aromatic carbocycles. The molecule has 15 heteroatoms. The lowest BCUT2D eigenvalue weighted by Crippen LogP contribution is -2.28. The minimum absolute atomic E-state index is 0.0463. The number of nitrogens with zero attached hydrogens (tertiary/aromatic N) is 2. The summed E-state index contributed by atoms with van der Waals surface area (Å²) in [7, 11) is 2.67. The van der Waals surface area contributed by atoms with Crippen molar-refractivity contribution in [1.29, 1.82) is 0 Å². The topological polar surface area (TPSA) is 167 Å². The van der Waals surface area contributed by atoms with Crippen LogP contribution in [0.2, 0.25) is 0 Å². The fourth-order valence-corrected chi connectivity index (χ4v) is 5.95. The van der Waals surface area contributed by atoms with Gasteiger partial charge in [-0.25, -0.2) is 8.78 Å². The Morgan fingerprint density at radius 1 is 0.843 bits per heavy atom. The molecular formula is C36H47F2N3O10. The lowest BCUT2D eigenvalue weighted by Gasteiger charge is -2.20. The molecule has 0 aliphatic carbocycles. The number of aliphatic hydroxyl groups is 1.